The molecule has 0 aromatic heterocycles. The summed E-state index contributed by atoms with van der Waals surface area (Å²) in [7, 11) is -4.51. The largest absolute Gasteiger partial charge is 0.534 e. The SMILES string of the molecule is CCOC(=O)CC(COC)c1ccc(OS(=O)(=O)C(F)(F)F)c(Nc2ccc(C#N)cc2)c1. The molecule has 33 heavy (non-hydrogen) atoms. The van der Waals surface area contributed by atoms with E-state index in [1.165, 1.54) is 43.5 Å². The molecule has 0 radical (unpaired) electrons. The first-order valence-corrected chi connectivity index (χ1v) is 11.0. The lowest BCUT2D eigenvalue weighted by atomic mass is 9.95. The van der Waals surface area contributed by atoms with Crippen molar-refractivity contribution in [1.82, 2.24) is 0 Å². The zero-order valence-electron chi connectivity index (χ0n) is 17.7. The fraction of sp³-hybridized carbons (Fsp3) is 0.333. The molecule has 0 amide bonds. The highest BCUT2D eigenvalue weighted by molar-refractivity contribution is 7.88. The zero-order valence-corrected chi connectivity index (χ0v) is 18.5. The van der Waals surface area contributed by atoms with E-state index in [1.807, 2.05) is 6.07 Å². The number of hydrogen-bond acceptors (Lipinski definition) is 8. The van der Waals surface area contributed by atoms with Crippen molar-refractivity contribution in [2.75, 3.05) is 25.6 Å². The smallest absolute Gasteiger partial charge is 0.466 e. The third kappa shape index (κ3) is 7.10. The van der Waals surface area contributed by atoms with Gasteiger partial charge in [0, 0.05) is 18.7 Å². The summed E-state index contributed by atoms with van der Waals surface area (Å²) < 4.78 is 76.1. The van der Waals surface area contributed by atoms with Crippen molar-refractivity contribution in [1.29, 1.82) is 5.26 Å². The van der Waals surface area contributed by atoms with E-state index < -0.39 is 33.3 Å². The van der Waals surface area contributed by atoms with Gasteiger partial charge in [-0.1, -0.05) is 6.07 Å². The number of carbonyl (C=O) groups excluding carboxylic acids is 1. The molecular weight excluding hydrogens is 465 g/mol. The Kier molecular flexibility index (Phi) is 8.67. The summed E-state index contributed by atoms with van der Waals surface area (Å²) in [6, 6.07) is 11.6. The Bertz CT molecular complexity index is 1110. The number of nitrogens with one attached hydrogen (secondary N) is 1. The number of carbonyl (C=O) groups is 1. The van der Waals surface area contributed by atoms with Gasteiger partial charge in [-0.25, -0.2) is 0 Å². The average molecular weight is 486 g/mol. The molecule has 1 N–H and O–H groups in total. The molecule has 1 unspecified atom stereocenters. The van der Waals surface area contributed by atoms with Crippen molar-refractivity contribution >= 4 is 27.5 Å². The Morgan fingerprint density at radius 2 is 1.85 bits per heavy atom. The second-order valence-corrected chi connectivity index (χ2v) is 8.25. The zero-order chi connectivity index (χ0) is 24.6. The van der Waals surface area contributed by atoms with E-state index in [9.17, 15) is 26.4 Å². The number of hydrogen-bond donors (Lipinski definition) is 1. The van der Waals surface area contributed by atoms with Crippen LogP contribution in [0.2, 0.25) is 0 Å². The summed E-state index contributed by atoms with van der Waals surface area (Å²) in [5.41, 5.74) is -4.55. The summed E-state index contributed by atoms with van der Waals surface area (Å²) in [6.07, 6.45) is -0.0704. The Morgan fingerprint density at radius 3 is 2.39 bits per heavy atom. The van der Waals surface area contributed by atoms with Crippen LogP contribution >= 0.6 is 0 Å². The fourth-order valence-electron chi connectivity index (χ4n) is 2.82. The number of nitriles is 1. The molecular formula is C21H21F3N2O6S. The predicted molar refractivity (Wildman–Crippen MR) is 112 cm³/mol. The number of anilines is 2. The number of esters is 1. The average Bonchev–Trinajstić information content (AvgIpc) is 2.74. The lowest BCUT2D eigenvalue weighted by Gasteiger charge is -2.19. The first-order valence-electron chi connectivity index (χ1n) is 9.57. The van der Waals surface area contributed by atoms with Crippen LogP contribution in [0.15, 0.2) is 42.5 Å². The third-order valence-electron chi connectivity index (χ3n) is 4.34. The minimum atomic E-state index is -5.93. The van der Waals surface area contributed by atoms with Crippen LogP contribution in [0.25, 0.3) is 0 Å². The standard InChI is InChI=1S/C21H21F3N2O6S/c1-3-31-20(27)11-16(13-30-2)15-6-9-19(32-33(28,29)21(22,23)24)18(10-15)26-17-7-4-14(12-25)5-8-17/h4-10,16,26H,3,11,13H2,1-2H3. The van der Waals surface area contributed by atoms with Gasteiger partial charge in [0.2, 0.25) is 0 Å². The summed E-state index contributed by atoms with van der Waals surface area (Å²) in [5.74, 6) is -1.63. The lowest BCUT2D eigenvalue weighted by molar-refractivity contribution is -0.143. The summed E-state index contributed by atoms with van der Waals surface area (Å²) in [4.78, 5) is 12.0. The Balaban J connectivity index is 2.48. The van der Waals surface area contributed by atoms with Crippen LogP contribution in [-0.4, -0.2) is 40.2 Å². The molecule has 0 saturated carbocycles. The second kappa shape index (κ2) is 11.0. The Morgan fingerprint density at radius 1 is 1.18 bits per heavy atom. The van der Waals surface area contributed by atoms with Gasteiger partial charge in [-0.05, 0) is 48.9 Å². The molecule has 0 aliphatic carbocycles. The highest BCUT2D eigenvalue weighted by atomic mass is 32.2. The fourth-order valence-corrected chi connectivity index (χ4v) is 3.29. The lowest BCUT2D eigenvalue weighted by Crippen LogP contribution is -2.28. The van der Waals surface area contributed by atoms with E-state index in [-0.39, 0.29) is 25.3 Å². The van der Waals surface area contributed by atoms with Crippen LogP contribution in [-0.2, 0) is 24.4 Å². The van der Waals surface area contributed by atoms with Crippen LogP contribution in [0.1, 0.15) is 30.4 Å². The van der Waals surface area contributed by atoms with Crippen molar-refractivity contribution in [3.63, 3.8) is 0 Å². The first-order chi connectivity index (χ1) is 15.5. The number of ether oxygens (including phenoxy) is 2. The minimum Gasteiger partial charge on any atom is -0.466 e. The molecule has 12 heteroatoms. The van der Waals surface area contributed by atoms with E-state index in [0.29, 0.717) is 16.8 Å². The molecule has 0 bridgehead atoms. The quantitative estimate of drug-likeness (QED) is 0.302. The number of alkyl halides is 3. The Hall–Kier alpha value is -3.30. The number of nitrogens with zero attached hydrogens (tertiary/aromatic N) is 1. The summed E-state index contributed by atoms with van der Waals surface area (Å²) in [5, 5.41) is 11.7. The molecule has 0 aliphatic rings. The normalized spacial score (nSPS) is 12.5. The minimum absolute atomic E-state index is 0.0704. The number of methoxy groups -OCH3 is 1. The van der Waals surface area contributed by atoms with Crippen molar-refractivity contribution in [3.8, 4) is 11.8 Å². The second-order valence-electron chi connectivity index (χ2n) is 6.71. The molecule has 2 aromatic carbocycles. The highest BCUT2D eigenvalue weighted by Gasteiger charge is 2.48. The van der Waals surface area contributed by atoms with Gasteiger partial charge in [0.15, 0.2) is 5.75 Å². The molecule has 1 atom stereocenters. The summed E-state index contributed by atoms with van der Waals surface area (Å²) >= 11 is 0. The molecule has 178 valence electrons. The maximum Gasteiger partial charge on any atom is 0.534 e. The maximum absolute atomic E-state index is 12.9. The van der Waals surface area contributed by atoms with Crippen molar-refractivity contribution in [2.45, 2.75) is 24.8 Å². The predicted octanol–water partition coefficient (Wildman–Crippen LogP) is 4.21. The molecule has 0 fully saturated rings. The molecule has 2 aromatic rings. The number of benzene rings is 2. The first kappa shape index (κ1) is 26.0. The van der Waals surface area contributed by atoms with Crippen LogP contribution in [0.5, 0.6) is 5.75 Å². The molecule has 0 spiro atoms. The molecule has 2 rings (SSSR count). The Labute approximate surface area is 189 Å². The number of halogens is 3. The van der Waals surface area contributed by atoms with Gasteiger partial charge in [-0.2, -0.15) is 26.9 Å². The molecule has 0 heterocycles. The van der Waals surface area contributed by atoms with E-state index in [2.05, 4.69) is 9.50 Å². The topological polar surface area (TPSA) is 115 Å². The van der Waals surface area contributed by atoms with E-state index >= 15 is 0 Å². The molecule has 8 nitrogen and oxygen atoms in total. The third-order valence-corrected chi connectivity index (χ3v) is 5.30. The van der Waals surface area contributed by atoms with Gasteiger partial charge in [0.25, 0.3) is 0 Å². The van der Waals surface area contributed by atoms with Gasteiger partial charge in [0.1, 0.15) is 0 Å². The number of rotatable bonds is 10. The van der Waals surface area contributed by atoms with Crippen molar-refractivity contribution in [2.24, 2.45) is 0 Å². The van der Waals surface area contributed by atoms with Gasteiger partial charge >= 0.3 is 21.6 Å². The van der Waals surface area contributed by atoms with E-state index in [0.717, 1.165) is 6.07 Å². The van der Waals surface area contributed by atoms with Crippen molar-refractivity contribution < 1.29 is 40.0 Å². The van der Waals surface area contributed by atoms with Gasteiger partial charge in [0.05, 0.1) is 37.0 Å². The van der Waals surface area contributed by atoms with Crippen molar-refractivity contribution in [3.05, 3.63) is 53.6 Å². The van der Waals surface area contributed by atoms with Gasteiger partial charge in [-0.3, -0.25) is 4.79 Å². The van der Waals surface area contributed by atoms with Gasteiger partial charge < -0.3 is 19.0 Å². The highest BCUT2D eigenvalue weighted by Crippen LogP contribution is 2.36. The van der Waals surface area contributed by atoms with E-state index in [4.69, 9.17) is 14.7 Å². The van der Waals surface area contributed by atoms with Crippen LogP contribution in [0.4, 0.5) is 24.5 Å². The van der Waals surface area contributed by atoms with Crippen LogP contribution in [0, 0.1) is 11.3 Å². The van der Waals surface area contributed by atoms with Gasteiger partial charge in [-0.15, -0.1) is 0 Å². The van der Waals surface area contributed by atoms with Crippen LogP contribution in [0.3, 0.4) is 0 Å². The van der Waals surface area contributed by atoms with E-state index in [1.54, 1.807) is 6.92 Å². The monoisotopic (exact) mass is 486 g/mol. The molecule has 0 aliphatic heterocycles. The molecule has 0 saturated heterocycles. The van der Waals surface area contributed by atoms with Crippen LogP contribution < -0.4 is 9.50 Å². The maximum atomic E-state index is 12.9. The summed E-state index contributed by atoms with van der Waals surface area (Å²) in [6.45, 7) is 1.92.